The van der Waals surface area contributed by atoms with Crippen molar-refractivity contribution in [2.75, 3.05) is 6.61 Å². The summed E-state index contributed by atoms with van der Waals surface area (Å²) in [5, 5.41) is 2.13. The zero-order chi connectivity index (χ0) is 10.4. The van der Waals surface area contributed by atoms with Gasteiger partial charge in [-0.25, -0.2) is 0 Å². The van der Waals surface area contributed by atoms with Crippen molar-refractivity contribution in [2.24, 2.45) is 0 Å². The number of benzene rings is 2. The Hall–Kier alpha value is -1.35. The van der Waals surface area contributed by atoms with Gasteiger partial charge in [0.05, 0.1) is 10.0 Å². The van der Waals surface area contributed by atoms with Crippen molar-refractivity contribution >= 4 is 32.5 Å². The van der Waals surface area contributed by atoms with E-state index in [1.165, 1.54) is 0 Å². The van der Waals surface area contributed by atoms with E-state index in [-0.39, 0.29) is 12.4 Å². The van der Waals surface area contributed by atoms with Gasteiger partial charge in [0.1, 0.15) is 5.75 Å². The zero-order valence-electron chi connectivity index (χ0n) is 7.79. The molecule has 1 heterocycles. The van der Waals surface area contributed by atoms with E-state index in [1.54, 1.807) is 0 Å². The number of carbonyl (C=O) groups is 1. The molecule has 0 bridgehead atoms. The predicted molar refractivity (Wildman–Crippen MR) is 61.5 cm³/mol. The first kappa shape index (κ1) is 8.92. The Morgan fingerprint density at radius 2 is 2.07 bits per heavy atom. The molecular formula is C12H7BrO2. The molecule has 1 aliphatic heterocycles. The van der Waals surface area contributed by atoms with Crippen molar-refractivity contribution < 1.29 is 9.53 Å². The van der Waals surface area contributed by atoms with E-state index < -0.39 is 0 Å². The first-order chi connectivity index (χ1) is 7.27. The largest absolute Gasteiger partial charge is 0.483 e. The predicted octanol–water partition coefficient (Wildman–Crippen LogP) is 3.18. The molecule has 0 N–H and O–H groups in total. The minimum atomic E-state index is 0.0523. The molecule has 2 aromatic carbocycles. The van der Waals surface area contributed by atoms with Crippen molar-refractivity contribution in [1.29, 1.82) is 0 Å². The van der Waals surface area contributed by atoms with Gasteiger partial charge in [-0.1, -0.05) is 24.3 Å². The first-order valence-electron chi connectivity index (χ1n) is 4.64. The average molecular weight is 263 g/mol. The van der Waals surface area contributed by atoms with Crippen LogP contribution in [0.1, 0.15) is 10.4 Å². The van der Waals surface area contributed by atoms with Crippen LogP contribution in [0.2, 0.25) is 0 Å². The van der Waals surface area contributed by atoms with Crippen LogP contribution < -0.4 is 4.74 Å². The van der Waals surface area contributed by atoms with E-state index >= 15 is 0 Å². The van der Waals surface area contributed by atoms with Gasteiger partial charge in [0.25, 0.3) is 0 Å². The van der Waals surface area contributed by atoms with Crippen LogP contribution >= 0.6 is 15.9 Å². The van der Waals surface area contributed by atoms with Crippen LogP contribution in [-0.4, -0.2) is 12.4 Å². The highest BCUT2D eigenvalue weighted by molar-refractivity contribution is 9.10. The lowest BCUT2D eigenvalue weighted by molar-refractivity contribution is 0.0961. The smallest absolute Gasteiger partial charge is 0.203 e. The molecule has 15 heavy (non-hydrogen) atoms. The second kappa shape index (κ2) is 3.07. The monoisotopic (exact) mass is 262 g/mol. The SMILES string of the molecule is O=C1COc2c1cc1ccccc1c2Br. The zero-order valence-corrected chi connectivity index (χ0v) is 9.37. The quantitative estimate of drug-likeness (QED) is 0.729. The van der Waals surface area contributed by atoms with Gasteiger partial charge in [0.15, 0.2) is 6.61 Å². The van der Waals surface area contributed by atoms with Crippen molar-refractivity contribution in [1.82, 2.24) is 0 Å². The Labute approximate surface area is 95.0 Å². The molecule has 0 saturated carbocycles. The fraction of sp³-hybridized carbons (Fsp3) is 0.0833. The minimum absolute atomic E-state index is 0.0523. The second-order valence-electron chi connectivity index (χ2n) is 3.50. The maximum atomic E-state index is 11.5. The highest BCUT2D eigenvalue weighted by atomic mass is 79.9. The number of Topliss-reactive ketones (excluding diaryl/α,β-unsaturated/α-hetero) is 1. The molecule has 3 heteroatoms. The van der Waals surface area contributed by atoms with Crippen molar-refractivity contribution in [2.45, 2.75) is 0 Å². The molecule has 2 nitrogen and oxygen atoms in total. The maximum Gasteiger partial charge on any atom is 0.203 e. The lowest BCUT2D eigenvalue weighted by Crippen LogP contribution is -1.98. The number of carbonyl (C=O) groups excluding carboxylic acids is 1. The third-order valence-corrected chi connectivity index (χ3v) is 3.38. The molecule has 0 aliphatic carbocycles. The summed E-state index contributed by atoms with van der Waals surface area (Å²) in [4.78, 5) is 11.5. The van der Waals surface area contributed by atoms with Gasteiger partial charge >= 0.3 is 0 Å². The Morgan fingerprint density at radius 1 is 1.27 bits per heavy atom. The lowest BCUT2D eigenvalue weighted by atomic mass is 10.0. The maximum absolute atomic E-state index is 11.5. The van der Waals surface area contributed by atoms with Gasteiger partial charge in [-0.05, 0) is 32.8 Å². The number of halogens is 1. The molecule has 0 spiro atoms. The summed E-state index contributed by atoms with van der Waals surface area (Å²) >= 11 is 3.48. The van der Waals surface area contributed by atoms with Gasteiger partial charge in [0, 0.05) is 0 Å². The molecule has 1 aliphatic rings. The lowest BCUT2D eigenvalue weighted by Gasteiger charge is -2.05. The van der Waals surface area contributed by atoms with Gasteiger partial charge in [-0.2, -0.15) is 0 Å². The highest BCUT2D eigenvalue weighted by Gasteiger charge is 2.24. The van der Waals surface area contributed by atoms with Gasteiger partial charge in [-0.15, -0.1) is 0 Å². The Balaban J connectivity index is 2.46. The molecule has 0 radical (unpaired) electrons. The molecule has 0 atom stereocenters. The standard InChI is InChI=1S/C12H7BrO2/c13-11-8-4-2-1-3-7(8)5-9-10(14)6-15-12(9)11/h1-5H,6H2. The summed E-state index contributed by atoms with van der Waals surface area (Å²) in [7, 11) is 0. The topological polar surface area (TPSA) is 26.3 Å². The fourth-order valence-electron chi connectivity index (χ4n) is 1.85. The minimum Gasteiger partial charge on any atom is -0.483 e. The number of hydrogen-bond acceptors (Lipinski definition) is 2. The van der Waals surface area contributed by atoms with Crippen LogP contribution in [-0.2, 0) is 0 Å². The van der Waals surface area contributed by atoms with Crippen LogP contribution in [0.15, 0.2) is 34.8 Å². The van der Waals surface area contributed by atoms with Gasteiger partial charge in [-0.3, -0.25) is 4.79 Å². The van der Waals surface area contributed by atoms with Crippen LogP contribution in [0.3, 0.4) is 0 Å². The number of ketones is 1. The van der Waals surface area contributed by atoms with Gasteiger partial charge < -0.3 is 4.74 Å². The van der Waals surface area contributed by atoms with E-state index in [0.29, 0.717) is 11.3 Å². The number of ether oxygens (including phenoxy) is 1. The van der Waals surface area contributed by atoms with E-state index in [2.05, 4.69) is 15.9 Å². The van der Waals surface area contributed by atoms with Crippen LogP contribution in [0, 0.1) is 0 Å². The molecular weight excluding hydrogens is 256 g/mol. The number of hydrogen-bond donors (Lipinski definition) is 0. The Bertz CT molecular complexity index is 575. The molecule has 0 amide bonds. The van der Waals surface area contributed by atoms with Crippen molar-refractivity contribution in [3.63, 3.8) is 0 Å². The second-order valence-corrected chi connectivity index (χ2v) is 4.29. The van der Waals surface area contributed by atoms with Gasteiger partial charge in [0.2, 0.25) is 5.78 Å². The Morgan fingerprint density at radius 3 is 2.93 bits per heavy atom. The van der Waals surface area contributed by atoms with E-state index in [1.807, 2.05) is 30.3 Å². The highest BCUT2D eigenvalue weighted by Crippen LogP contribution is 2.39. The summed E-state index contributed by atoms with van der Waals surface area (Å²) in [6.45, 7) is 0.157. The summed E-state index contributed by atoms with van der Waals surface area (Å²) in [5.74, 6) is 0.732. The van der Waals surface area contributed by atoms with Crippen LogP contribution in [0.25, 0.3) is 10.8 Å². The molecule has 2 aromatic rings. The molecule has 0 unspecified atom stereocenters. The molecule has 74 valence electrons. The molecule has 0 aromatic heterocycles. The summed E-state index contributed by atoms with van der Waals surface area (Å²) < 4.78 is 6.23. The third-order valence-electron chi connectivity index (χ3n) is 2.59. The average Bonchev–Trinajstić information content (AvgIpc) is 2.62. The molecule has 0 saturated heterocycles. The van der Waals surface area contributed by atoms with Crippen molar-refractivity contribution in [3.05, 3.63) is 40.4 Å². The van der Waals surface area contributed by atoms with E-state index in [4.69, 9.17) is 4.74 Å². The Kier molecular flexibility index (Phi) is 1.83. The third kappa shape index (κ3) is 1.20. The summed E-state index contributed by atoms with van der Waals surface area (Å²) in [6.07, 6.45) is 0. The van der Waals surface area contributed by atoms with E-state index in [9.17, 15) is 4.79 Å². The van der Waals surface area contributed by atoms with Crippen LogP contribution in [0.5, 0.6) is 5.75 Å². The normalized spacial score (nSPS) is 14.1. The fourth-order valence-corrected chi connectivity index (χ4v) is 2.54. The summed E-state index contributed by atoms with van der Waals surface area (Å²) in [6, 6.07) is 9.82. The molecule has 0 fully saturated rings. The van der Waals surface area contributed by atoms with E-state index in [0.717, 1.165) is 15.2 Å². The van der Waals surface area contributed by atoms with Crippen LogP contribution in [0.4, 0.5) is 0 Å². The number of fused-ring (bicyclic) bond motifs is 2. The summed E-state index contributed by atoms with van der Waals surface area (Å²) in [5.41, 5.74) is 0.681. The number of rotatable bonds is 0. The first-order valence-corrected chi connectivity index (χ1v) is 5.44. The molecule has 3 rings (SSSR count). The van der Waals surface area contributed by atoms with Crippen molar-refractivity contribution in [3.8, 4) is 5.75 Å².